The van der Waals surface area contributed by atoms with Crippen LogP contribution in [0.5, 0.6) is 5.75 Å². The molecule has 5 atom stereocenters. The van der Waals surface area contributed by atoms with Gasteiger partial charge in [0.05, 0.1) is 17.2 Å². The molecule has 0 saturated carbocycles. The van der Waals surface area contributed by atoms with Crippen LogP contribution in [-0.2, 0) is 15.2 Å². The monoisotopic (exact) mass is 478 g/mol. The zero-order valence-electron chi connectivity index (χ0n) is 18.0. The van der Waals surface area contributed by atoms with Crippen molar-refractivity contribution in [3.05, 3.63) is 50.9 Å². The van der Waals surface area contributed by atoms with Gasteiger partial charge in [0.15, 0.2) is 11.4 Å². The van der Waals surface area contributed by atoms with Crippen LogP contribution in [0, 0.1) is 11.8 Å². The maximum absolute atomic E-state index is 13.4. The van der Waals surface area contributed by atoms with Gasteiger partial charge in [-0.3, -0.25) is 19.3 Å². The van der Waals surface area contributed by atoms with Crippen molar-refractivity contribution in [2.24, 2.45) is 17.6 Å². The Kier molecular flexibility index (Phi) is 4.96. The highest BCUT2D eigenvalue weighted by Crippen LogP contribution is 2.57. The van der Waals surface area contributed by atoms with Crippen molar-refractivity contribution in [3.63, 3.8) is 0 Å². The number of Topliss-reactive ketones (excluding diaryl/α,β-unsaturated/α-hetero) is 2. The van der Waals surface area contributed by atoms with E-state index < -0.39 is 75.0 Å². The molecule has 0 fully saturated rings. The minimum atomic E-state index is -2.78. The van der Waals surface area contributed by atoms with E-state index in [2.05, 4.69) is 0 Å². The highest BCUT2D eigenvalue weighted by atomic mass is 35.5. The summed E-state index contributed by atoms with van der Waals surface area (Å²) in [4.78, 5) is 40.0. The van der Waals surface area contributed by atoms with Crippen molar-refractivity contribution in [1.29, 1.82) is 0 Å². The lowest BCUT2D eigenvalue weighted by molar-refractivity contribution is -0.151. The molecule has 33 heavy (non-hydrogen) atoms. The average Bonchev–Trinajstić information content (AvgIpc) is 2.69. The number of nitrogens with zero attached hydrogens (tertiary/aromatic N) is 1. The van der Waals surface area contributed by atoms with Gasteiger partial charge >= 0.3 is 0 Å². The standard InChI is InChI=1S/C22H23ClN2O8/c1-21(32)7-6-8-15(25(2)3)17(28)13(20(24)31)19(30)22(8,33)18(29)11(7)16(27)12-10(26)5-4-9(23)14(12)21/h4-5,7-8,15,26,28-29,32-33H,6H2,1-3H3,(H2,24,31)/t7?,8?,15?,21-,22+/m1/s1. The number of phenolic OH excluding ortho intramolecular Hbond substituents is 1. The summed E-state index contributed by atoms with van der Waals surface area (Å²) in [6.07, 6.45) is -0.259. The fraction of sp³-hybridized carbons (Fsp3) is 0.409. The Labute approximate surface area is 193 Å². The number of halogens is 1. The third-order valence-electron chi connectivity index (χ3n) is 7.07. The molecule has 4 rings (SSSR count). The molecule has 1 amide bonds. The summed E-state index contributed by atoms with van der Waals surface area (Å²) >= 11 is 6.26. The lowest BCUT2D eigenvalue weighted by atomic mass is 9.55. The van der Waals surface area contributed by atoms with Crippen LogP contribution < -0.4 is 5.73 Å². The summed E-state index contributed by atoms with van der Waals surface area (Å²) in [6.45, 7) is 1.34. The smallest absolute Gasteiger partial charge is 0.255 e. The first-order chi connectivity index (χ1) is 15.2. The number of rotatable bonds is 2. The molecule has 3 unspecified atom stereocenters. The first-order valence-corrected chi connectivity index (χ1v) is 10.5. The largest absolute Gasteiger partial charge is 0.510 e. The second-order valence-corrected chi connectivity index (χ2v) is 9.49. The van der Waals surface area contributed by atoms with E-state index >= 15 is 0 Å². The van der Waals surface area contributed by atoms with Crippen LogP contribution in [0.2, 0.25) is 5.02 Å². The van der Waals surface area contributed by atoms with E-state index in [1.807, 2.05) is 0 Å². The molecule has 7 N–H and O–H groups in total. The van der Waals surface area contributed by atoms with Crippen molar-refractivity contribution in [2.45, 2.75) is 30.6 Å². The average molecular weight is 479 g/mol. The highest BCUT2D eigenvalue weighted by molar-refractivity contribution is 6.33. The van der Waals surface area contributed by atoms with E-state index in [-0.39, 0.29) is 22.6 Å². The number of aliphatic hydroxyl groups excluding tert-OH is 2. The second kappa shape index (κ2) is 7.04. The van der Waals surface area contributed by atoms with Crippen molar-refractivity contribution in [3.8, 4) is 5.75 Å². The highest BCUT2D eigenvalue weighted by Gasteiger charge is 2.65. The SMILES string of the molecule is CN(C)C1C(O)=C(C(N)=O)C(=O)[C@@]2(O)C(O)=C3C(=O)c4c(O)ccc(Cl)c4[C@](C)(O)C3CC12. The van der Waals surface area contributed by atoms with E-state index in [1.54, 1.807) is 0 Å². The topological polar surface area (TPSA) is 182 Å². The molecule has 176 valence electrons. The molecule has 0 aliphatic heterocycles. The van der Waals surface area contributed by atoms with Gasteiger partial charge in [-0.05, 0) is 39.6 Å². The summed E-state index contributed by atoms with van der Waals surface area (Å²) in [5, 5.41) is 55.3. The van der Waals surface area contributed by atoms with Crippen molar-refractivity contribution in [2.75, 3.05) is 14.1 Å². The molecular formula is C22H23ClN2O8. The van der Waals surface area contributed by atoms with Gasteiger partial charge in [0.1, 0.15) is 22.8 Å². The molecule has 1 aromatic rings. The number of phenols is 1. The molecule has 0 heterocycles. The quantitative estimate of drug-likeness (QED) is 0.328. The molecule has 3 aliphatic carbocycles. The van der Waals surface area contributed by atoms with Crippen molar-refractivity contribution >= 4 is 29.1 Å². The fourth-order valence-electron chi connectivity index (χ4n) is 5.59. The maximum Gasteiger partial charge on any atom is 0.255 e. The number of benzene rings is 1. The van der Waals surface area contributed by atoms with Crippen LogP contribution in [0.1, 0.15) is 29.3 Å². The van der Waals surface area contributed by atoms with E-state index in [4.69, 9.17) is 17.3 Å². The van der Waals surface area contributed by atoms with Crippen LogP contribution in [0.25, 0.3) is 0 Å². The third-order valence-corrected chi connectivity index (χ3v) is 7.39. The van der Waals surface area contributed by atoms with Gasteiger partial charge in [0.2, 0.25) is 5.78 Å². The van der Waals surface area contributed by atoms with E-state index in [0.717, 1.165) is 6.07 Å². The number of carbonyl (C=O) groups excluding carboxylic acids is 3. The Bertz CT molecular complexity index is 1200. The number of primary amides is 1. The summed E-state index contributed by atoms with van der Waals surface area (Å²) < 4.78 is 0. The number of likely N-dealkylation sites (N-methyl/N-ethyl adjacent to an activating group) is 1. The van der Waals surface area contributed by atoms with Gasteiger partial charge in [0.25, 0.3) is 5.91 Å². The van der Waals surface area contributed by atoms with Gasteiger partial charge in [-0.15, -0.1) is 0 Å². The Balaban J connectivity index is 2.07. The number of hydrogen-bond acceptors (Lipinski definition) is 9. The molecule has 0 saturated heterocycles. The van der Waals surface area contributed by atoms with Gasteiger partial charge in [-0.1, -0.05) is 11.6 Å². The molecular weight excluding hydrogens is 456 g/mol. The maximum atomic E-state index is 13.4. The minimum Gasteiger partial charge on any atom is -0.510 e. The zero-order chi connectivity index (χ0) is 24.8. The Morgan fingerprint density at radius 2 is 1.79 bits per heavy atom. The summed E-state index contributed by atoms with van der Waals surface area (Å²) in [5.41, 5.74) is -1.21. The number of amides is 1. The predicted molar refractivity (Wildman–Crippen MR) is 115 cm³/mol. The molecule has 0 spiro atoms. The third kappa shape index (κ3) is 2.75. The Morgan fingerprint density at radius 1 is 1.18 bits per heavy atom. The molecule has 0 radical (unpaired) electrons. The van der Waals surface area contributed by atoms with E-state index in [0.29, 0.717) is 0 Å². The van der Waals surface area contributed by atoms with Crippen LogP contribution >= 0.6 is 11.6 Å². The lowest BCUT2D eigenvalue weighted by Gasteiger charge is -2.52. The Hall–Kier alpha value is -2.92. The first kappa shape index (κ1) is 23.2. The zero-order valence-corrected chi connectivity index (χ0v) is 18.7. The minimum absolute atomic E-state index is 0.00293. The molecule has 0 aromatic heterocycles. The van der Waals surface area contributed by atoms with Gasteiger partial charge in [-0.2, -0.15) is 0 Å². The first-order valence-electron chi connectivity index (χ1n) is 10.1. The summed E-state index contributed by atoms with van der Waals surface area (Å²) in [7, 11) is 3.03. The number of carbonyl (C=O) groups is 3. The number of fused-ring (bicyclic) bond motifs is 3. The van der Waals surface area contributed by atoms with Gasteiger partial charge < -0.3 is 31.3 Å². The molecule has 10 nitrogen and oxygen atoms in total. The van der Waals surface area contributed by atoms with Gasteiger partial charge in [-0.25, -0.2) is 0 Å². The molecule has 0 bridgehead atoms. The number of aromatic hydroxyl groups is 1. The van der Waals surface area contributed by atoms with Crippen LogP contribution in [0.15, 0.2) is 34.8 Å². The van der Waals surface area contributed by atoms with Crippen molar-refractivity contribution in [1.82, 2.24) is 4.90 Å². The normalized spacial score (nSPS) is 33.7. The Morgan fingerprint density at radius 3 is 2.33 bits per heavy atom. The number of aliphatic hydroxyl groups is 4. The van der Waals surface area contributed by atoms with Crippen molar-refractivity contribution < 1.29 is 39.9 Å². The second-order valence-electron chi connectivity index (χ2n) is 9.08. The lowest BCUT2D eigenvalue weighted by Crippen LogP contribution is -2.65. The number of hydrogen-bond donors (Lipinski definition) is 6. The number of ketones is 2. The summed E-state index contributed by atoms with van der Waals surface area (Å²) in [5.74, 6) is -8.29. The van der Waals surface area contributed by atoms with E-state index in [1.165, 1.54) is 32.0 Å². The predicted octanol–water partition coefficient (Wildman–Crippen LogP) is 0.439. The summed E-state index contributed by atoms with van der Waals surface area (Å²) in [6, 6.07) is 1.30. The van der Waals surface area contributed by atoms with Crippen LogP contribution in [-0.4, -0.2) is 73.6 Å². The fourth-order valence-corrected chi connectivity index (χ4v) is 5.93. The van der Waals surface area contributed by atoms with Gasteiger partial charge in [0, 0.05) is 28.0 Å². The molecule has 11 heteroatoms. The van der Waals surface area contributed by atoms with Crippen LogP contribution in [0.4, 0.5) is 0 Å². The molecule has 3 aliphatic rings. The molecule has 1 aromatic carbocycles. The van der Waals surface area contributed by atoms with Crippen LogP contribution in [0.3, 0.4) is 0 Å². The van der Waals surface area contributed by atoms with E-state index in [9.17, 15) is 39.9 Å². The number of nitrogens with two attached hydrogens (primary N) is 1.